The SMILES string of the molecule is C.C.C.C.C.C.C.C.CP(C)c1ccccc1.C[P+](C)(C)c1ccc(N=NN2CCCCC2)cc1.C[Si](C)(C)Cl.Cc1ccc([P+](C)(C)c2ccccc2)cc1.Cc1ccc([P+](C)(C)c2ccccc2)cc1.Ic1ccc(N=NN2CCCCC2)cc1.Nc1ccc(I)cc1.O=[N+]([O-])O.O=[N+]([O-])[O-].[Ag].c1ccccc1. The van der Waals surface area contributed by atoms with Gasteiger partial charge in [-0.15, -0.1) is 20.3 Å². The molecule has 11 rings (SSSR count). The number of halogens is 3. The van der Waals surface area contributed by atoms with Gasteiger partial charge in [-0.1, -0.05) is 236 Å². The van der Waals surface area contributed by atoms with Crippen LogP contribution in [0.2, 0.25) is 19.6 Å². The van der Waals surface area contributed by atoms with Gasteiger partial charge in [0.1, 0.15) is 7.38 Å². The zero-order chi connectivity index (χ0) is 75.3. The van der Waals surface area contributed by atoms with E-state index in [-0.39, 0.29) is 89.7 Å². The van der Waals surface area contributed by atoms with Crippen LogP contribution in [0.1, 0.15) is 109 Å². The molecule has 2 fully saturated rings. The summed E-state index contributed by atoms with van der Waals surface area (Å²) in [6.07, 6.45) is 7.63. The van der Waals surface area contributed by atoms with Gasteiger partial charge >= 0.3 is 0 Å². The minimum atomic E-state index is -1.75. The zero-order valence-corrected chi connectivity index (χ0v) is 72.7. The number of nitrogen functional groups attached to an aromatic ring is 1. The molecule has 0 unspecified atom stereocenters. The second kappa shape index (κ2) is 66.8. The van der Waals surface area contributed by atoms with Gasteiger partial charge in [0.05, 0.1) is 104 Å². The molecule has 0 saturated carbocycles. The Morgan fingerprint density at radius 3 is 0.900 bits per heavy atom. The molecule has 0 aromatic heterocycles. The molecular weight excluding hydrogens is 1800 g/mol. The number of nitrogens with two attached hydrogens (primary N) is 1. The first-order valence-electron chi connectivity index (χ1n) is 33.2. The molecule has 2 aliphatic rings. The number of nitrogens with zero attached hydrogens (tertiary/aromatic N) is 8. The number of piperidine rings is 2. The van der Waals surface area contributed by atoms with Crippen LogP contribution in [0.5, 0.6) is 0 Å². The minimum absolute atomic E-state index is 0. The van der Waals surface area contributed by atoms with Crippen LogP contribution in [-0.2, 0) is 22.4 Å². The molecule has 0 amide bonds. The molecule has 9 aromatic rings. The topological polar surface area (TPSA) is 212 Å². The summed E-state index contributed by atoms with van der Waals surface area (Å²) in [6, 6.07) is 86.6. The van der Waals surface area contributed by atoms with Gasteiger partial charge in [0.25, 0.3) is 5.09 Å². The second-order valence-electron chi connectivity index (χ2n) is 26.1. The average molecular weight is 1940 g/mol. The molecular formula is C86H138AgClI2N9O6P4Si+2. The normalized spacial score (nSPS) is 11.4. The maximum atomic E-state index is 8.36. The summed E-state index contributed by atoms with van der Waals surface area (Å²) in [6.45, 7) is 35.8. The maximum absolute atomic E-state index is 8.36. The molecule has 617 valence electrons. The Bertz CT molecular complexity index is 3540. The van der Waals surface area contributed by atoms with E-state index in [1.54, 1.807) is 0 Å². The smallest absolute Gasteiger partial charge is 0.291 e. The van der Waals surface area contributed by atoms with Crippen molar-refractivity contribution in [2.75, 3.05) is 91.9 Å². The Balaban J connectivity index is -0.000000180. The van der Waals surface area contributed by atoms with Crippen LogP contribution in [0.15, 0.2) is 269 Å². The van der Waals surface area contributed by atoms with Crippen molar-refractivity contribution in [2.24, 2.45) is 20.7 Å². The van der Waals surface area contributed by atoms with Crippen molar-refractivity contribution in [2.45, 2.75) is 131 Å². The van der Waals surface area contributed by atoms with Crippen LogP contribution in [0.25, 0.3) is 0 Å². The van der Waals surface area contributed by atoms with Crippen molar-refractivity contribution in [3.63, 3.8) is 0 Å². The molecule has 0 atom stereocenters. The maximum Gasteiger partial charge on any atom is 0.291 e. The summed E-state index contributed by atoms with van der Waals surface area (Å²) in [4.78, 5) is 16.6. The van der Waals surface area contributed by atoms with Crippen molar-refractivity contribution in [1.82, 2.24) is 10.0 Å². The third kappa shape index (κ3) is 58.3. The van der Waals surface area contributed by atoms with Crippen LogP contribution in [0, 0.1) is 46.4 Å². The summed E-state index contributed by atoms with van der Waals surface area (Å²) >= 11 is 10.2. The quantitative estimate of drug-likeness (QED) is 0.0195. The van der Waals surface area contributed by atoms with E-state index in [0.29, 0.717) is 0 Å². The molecule has 2 heterocycles. The fraction of sp³-hybridized carbons (Fsp3) is 0.372. The third-order valence-corrected chi connectivity index (χ3v) is 25.6. The Morgan fingerprint density at radius 1 is 0.427 bits per heavy atom. The summed E-state index contributed by atoms with van der Waals surface area (Å²) in [7, 11) is -4.28. The Morgan fingerprint density at radius 2 is 0.655 bits per heavy atom. The number of hydrogen-bond acceptors (Lipinski definition) is 10. The molecule has 1 radical (unpaired) electrons. The number of hydrogen-bond donors (Lipinski definition) is 2. The molecule has 0 bridgehead atoms. The zero-order valence-electron chi connectivity index (χ0n) is 61.6. The van der Waals surface area contributed by atoms with Crippen molar-refractivity contribution < 1.29 is 37.8 Å². The van der Waals surface area contributed by atoms with Crippen molar-refractivity contribution in [3.8, 4) is 0 Å². The van der Waals surface area contributed by atoms with Gasteiger partial charge in [0, 0.05) is 68.6 Å². The first-order chi connectivity index (χ1) is 47.7. The molecule has 0 spiro atoms. The first-order valence-corrected chi connectivity index (χ1v) is 50.6. The van der Waals surface area contributed by atoms with E-state index >= 15 is 0 Å². The van der Waals surface area contributed by atoms with Gasteiger partial charge in [-0.3, -0.25) is 10.0 Å². The molecule has 2 saturated heterocycles. The Kier molecular flexibility index (Phi) is 73.0. The molecule has 2 aliphatic heterocycles. The molecule has 15 nitrogen and oxygen atoms in total. The molecule has 24 heteroatoms. The van der Waals surface area contributed by atoms with E-state index in [4.69, 9.17) is 47.5 Å². The number of benzene rings is 9. The van der Waals surface area contributed by atoms with Gasteiger partial charge in [-0.25, -0.2) is 0 Å². The Labute approximate surface area is 719 Å². The molecule has 0 aliphatic carbocycles. The summed E-state index contributed by atoms with van der Waals surface area (Å²) in [5, 5.41) is 58.4. The van der Waals surface area contributed by atoms with E-state index in [0.717, 1.165) is 43.2 Å². The fourth-order valence-electron chi connectivity index (χ4n) is 8.95. The van der Waals surface area contributed by atoms with E-state index in [1.165, 1.54) is 88.6 Å². The third-order valence-electron chi connectivity index (χ3n) is 14.7. The summed E-state index contributed by atoms with van der Waals surface area (Å²) < 4.78 is 2.45. The van der Waals surface area contributed by atoms with Crippen LogP contribution in [0.3, 0.4) is 0 Å². The summed E-state index contributed by atoms with van der Waals surface area (Å²) in [5.74, 6) is 0. The van der Waals surface area contributed by atoms with Gasteiger partial charge in [-0.05, 0) is 238 Å². The van der Waals surface area contributed by atoms with E-state index in [1.807, 2.05) is 84.9 Å². The van der Waals surface area contributed by atoms with Gasteiger partial charge in [0.15, 0.2) is 0 Å². The first kappa shape index (κ1) is 120. The molecule has 9 aromatic carbocycles. The number of rotatable bonds is 10. The van der Waals surface area contributed by atoms with Crippen LogP contribution in [-0.4, -0.2) is 119 Å². The minimum Gasteiger partial charge on any atom is -0.399 e. The van der Waals surface area contributed by atoms with Gasteiger partial charge in [0.2, 0.25) is 0 Å². The van der Waals surface area contributed by atoms with E-state index in [9.17, 15) is 0 Å². The van der Waals surface area contributed by atoms with E-state index in [2.05, 4.69) is 333 Å². The predicted octanol–water partition coefficient (Wildman–Crippen LogP) is 26.1. The average Bonchev–Trinajstić information content (AvgIpc) is 0.818. The molecule has 3 N–H and O–H groups in total. The van der Waals surface area contributed by atoms with Crippen molar-refractivity contribution >= 4 is 142 Å². The van der Waals surface area contributed by atoms with Crippen molar-refractivity contribution in [1.29, 1.82) is 0 Å². The van der Waals surface area contributed by atoms with Gasteiger partial charge in [-0.2, -0.15) is 11.1 Å². The van der Waals surface area contributed by atoms with Crippen LogP contribution < -0.4 is 37.6 Å². The van der Waals surface area contributed by atoms with Crippen LogP contribution in [0.4, 0.5) is 17.1 Å². The predicted molar refractivity (Wildman–Crippen MR) is 518 cm³/mol. The monoisotopic (exact) mass is 1940 g/mol. The van der Waals surface area contributed by atoms with Crippen molar-refractivity contribution in [3.05, 3.63) is 292 Å². The standard InChI is InChI=1S/2C15H18P.C14H23N3P.C11H14IN3.C8H11P.C6H6IN.C6H6.C3H9ClSi.8CH4.Ag.HNO3.NO3/c2*1-13-9-11-15(12-10-13)16(2,3)14-7-5-4-6-8-14;1-18(2,3)14-9-7-13(8-10-14)15-16-17-11-5-4-6-12-17;12-10-4-6-11(7-5-10)13-14-15-8-2-1-3-9-15;1-9(2)8-6-4-3-5-7-8;7-5-1-3-6(8)4-2-5;1-2-4-6-5-3-1;1-5(2,3)4;;;;;;;;;;2*2-1(3)4/h2*4-12H,1-3H3;7-10H,4-6,11-12H2,1-3H3;4-7H,1-3,8-9H2;3-7H,1-2H3;1-4H,8H2;1-6H;1-3H3;8*1H4;;(H,2,3,4);/q3*+1;;;;;;;;;;;;;;;;-1. The fourth-order valence-corrected chi connectivity index (χ4v) is 15.7. The number of aryl methyl sites for hydroxylation is 2. The van der Waals surface area contributed by atoms with Gasteiger partial charge < -0.3 is 26.3 Å². The van der Waals surface area contributed by atoms with Crippen LogP contribution >= 0.6 is 86.0 Å². The molecule has 110 heavy (non-hydrogen) atoms. The summed E-state index contributed by atoms with van der Waals surface area (Å²) in [5.41, 5.74) is 10.8. The number of anilines is 1. The Hall–Kier alpha value is -5.59. The second-order valence-corrected chi connectivity index (χ2v) is 50.9. The van der Waals surface area contributed by atoms with E-state index < -0.39 is 39.3 Å². The largest absolute Gasteiger partial charge is 0.399 e.